The summed E-state index contributed by atoms with van der Waals surface area (Å²) in [6.07, 6.45) is 2.67. The summed E-state index contributed by atoms with van der Waals surface area (Å²) in [5.41, 5.74) is 5.89. The number of aromatic nitrogens is 2. The second-order valence-electron chi connectivity index (χ2n) is 3.70. The molecule has 0 aliphatic heterocycles. The molecule has 3 N–H and O–H groups in total. The molecule has 1 rings (SSSR count). The number of hydrogen-bond donors (Lipinski definition) is 2. The first-order valence-electron chi connectivity index (χ1n) is 5.54. The van der Waals surface area contributed by atoms with E-state index in [2.05, 4.69) is 35.6 Å². The molecule has 1 heterocycles. The lowest BCUT2D eigenvalue weighted by Gasteiger charge is -2.27. The van der Waals surface area contributed by atoms with E-state index < -0.39 is 0 Å². The van der Waals surface area contributed by atoms with Crippen LogP contribution >= 0.6 is 0 Å². The van der Waals surface area contributed by atoms with Crippen molar-refractivity contribution in [3.05, 3.63) is 18.0 Å². The monoisotopic (exact) mass is 221 g/mol. The quantitative estimate of drug-likeness (QED) is 0.581. The van der Waals surface area contributed by atoms with Gasteiger partial charge >= 0.3 is 0 Å². The molecule has 1 aromatic rings. The first-order valence-corrected chi connectivity index (χ1v) is 5.54. The van der Waals surface area contributed by atoms with Gasteiger partial charge in [0.15, 0.2) is 0 Å². The molecule has 0 radical (unpaired) electrons. The summed E-state index contributed by atoms with van der Waals surface area (Å²) in [4.78, 5) is 10.6. The van der Waals surface area contributed by atoms with Gasteiger partial charge in [0.25, 0.3) is 0 Å². The summed E-state index contributed by atoms with van der Waals surface area (Å²) in [6, 6.07) is 2.03. The maximum absolute atomic E-state index is 7.35. The van der Waals surface area contributed by atoms with E-state index >= 15 is 0 Å². The summed E-state index contributed by atoms with van der Waals surface area (Å²) in [5, 5.41) is 7.35. The average molecular weight is 221 g/mol. The van der Waals surface area contributed by atoms with Crippen LogP contribution < -0.4 is 10.6 Å². The Hall–Kier alpha value is -1.65. The highest BCUT2D eigenvalue weighted by molar-refractivity contribution is 5.93. The van der Waals surface area contributed by atoms with Gasteiger partial charge in [0, 0.05) is 18.8 Å². The van der Waals surface area contributed by atoms with Crippen molar-refractivity contribution >= 4 is 11.8 Å². The maximum Gasteiger partial charge on any atom is 0.226 e. The zero-order valence-corrected chi connectivity index (χ0v) is 10.1. The summed E-state index contributed by atoms with van der Waals surface area (Å²) in [7, 11) is 0. The molecular weight excluding hydrogens is 202 g/mol. The maximum atomic E-state index is 7.35. The minimum atomic E-state index is -0.0242. The molecule has 0 saturated carbocycles. The summed E-state index contributed by atoms with van der Waals surface area (Å²) in [5.74, 6) is 0.619. The molecule has 5 nitrogen and oxygen atoms in total. The lowest BCUT2D eigenvalue weighted by molar-refractivity contribution is 0.614. The van der Waals surface area contributed by atoms with E-state index in [-0.39, 0.29) is 5.84 Å². The van der Waals surface area contributed by atoms with E-state index in [0.29, 0.717) is 17.7 Å². The normalized spacial score (nSPS) is 12.2. The Labute approximate surface area is 96.2 Å². The summed E-state index contributed by atoms with van der Waals surface area (Å²) in [6.45, 7) is 7.17. The molecule has 16 heavy (non-hydrogen) atoms. The molecule has 1 unspecified atom stereocenters. The van der Waals surface area contributed by atoms with Crippen molar-refractivity contribution in [2.45, 2.75) is 33.2 Å². The first-order chi connectivity index (χ1) is 7.60. The standard InChI is InChI=1S/C11H19N5/c1-4-8(3)16(5-2)11-14-7-6-9(15-11)10(12)13/h6-8H,4-5H2,1-3H3,(H3,12,13). The van der Waals surface area contributed by atoms with Gasteiger partial charge < -0.3 is 10.6 Å². The number of nitrogens with one attached hydrogen (secondary N) is 1. The molecule has 0 fully saturated rings. The molecule has 88 valence electrons. The minimum Gasteiger partial charge on any atom is -0.382 e. The van der Waals surface area contributed by atoms with Crippen molar-refractivity contribution in [2.24, 2.45) is 5.73 Å². The van der Waals surface area contributed by atoms with Crippen LogP contribution in [0.4, 0.5) is 5.95 Å². The molecule has 0 aliphatic rings. The molecule has 0 amide bonds. The number of rotatable bonds is 5. The van der Waals surface area contributed by atoms with E-state index in [1.807, 2.05) is 0 Å². The van der Waals surface area contributed by atoms with E-state index in [0.717, 1.165) is 13.0 Å². The van der Waals surface area contributed by atoms with Gasteiger partial charge in [-0.1, -0.05) is 6.92 Å². The number of nitrogens with two attached hydrogens (primary N) is 1. The Balaban J connectivity index is 3.01. The molecule has 5 heteroatoms. The summed E-state index contributed by atoms with van der Waals surface area (Å²) >= 11 is 0. The fourth-order valence-corrected chi connectivity index (χ4v) is 1.51. The SMILES string of the molecule is CCC(C)N(CC)c1nccc(C(=N)N)n1. The van der Waals surface area contributed by atoms with E-state index in [1.54, 1.807) is 12.3 Å². The Morgan fingerprint density at radius 2 is 2.25 bits per heavy atom. The highest BCUT2D eigenvalue weighted by atomic mass is 15.3. The largest absolute Gasteiger partial charge is 0.382 e. The Bertz CT molecular complexity index is 363. The second-order valence-corrected chi connectivity index (χ2v) is 3.70. The van der Waals surface area contributed by atoms with Crippen LogP contribution in [0, 0.1) is 5.41 Å². The second kappa shape index (κ2) is 5.44. The van der Waals surface area contributed by atoms with Crippen molar-refractivity contribution in [2.75, 3.05) is 11.4 Å². The number of nitrogen functional groups attached to an aromatic ring is 1. The van der Waals surface area contributed by atoms with Crippen LogP contribution in [0.25, 0.3) is 0 Å². The van der Waals surface area contributed by atoms with Gasteiger partial charge in [-0.2, -0.15) is 0 Å². The lowest BCUT2D eigenvalue weighted by atomic mass is 10.2. The summed E-state index contributed by atoms with van der Waals surface area (Å²) < 4.78 is 0. The third kappa shape index (κ3) is 2.68. The molecule has 0 spiro atoms. The molecule has 0 bridgehead atoms. The zero-order chi connectivity index (χ0) is 12.1. The highest BCUT2D eigenvalue weighted by Crippen LogP contribution is 2.12. The van der Waals surface area contributed by atoms with Gasteiger partial charge in [-0.15, -0.1) is 0 Å². The Kier molecular flexibility index (Phi) is 4.22. The van der Waals surface area contributed by atoms with Crippen molar-refractivity contribution in [1.82, 2.24) is 9.97 Å². The van der Waals surface area contributed by atoms with Crippen molar-refractivity contribution in [1.29, 1.82) is 5.41 Å². The fourth-order valence-electron chi connectivity index (χ4n) is 1.51. The highest BCUT2D eigenvalue weighted by Gasteiger charge is 2.14. The first kappa shape index (κ1) is 12.4. The van der Waals surface area contributed by atoms with Crippen LogP contribution in [0.2, 0.25) is 0 Å². The third-order valence-corrected chi connectivity index (χ3v) is 2.64. The molecule has 1 aromatic heterocycles. The van der Waals surface area contributed by atoms with Crippen LogP contribution in [-0.4, -0.2) is 28.4 Å². The molecule has 0 saturated heterocycles. The van der Waals surface area contributed by atoms with E-state index in [9.17, 15) is 0 Å². The number of nitrogens with zero attached hydrogens (tertiary/aromatic N) is 3. The zero-order valence-electron chi connectivity index (χ0n) is 10.1. The molecular formula is C11H19N5. The van der Waals surface area contributed by atoms with Crippen LogP contribution in [0.15, 0.2) is 12.3 Å². The predicted octanol–water partition coefficient (Wildman–Crippen LogP) is 1.39. The lowest BCUT2D eigenvalue weighted by Crippen LogP contribution is -2.34. The van der Waals surface area contributed by atoms with Gasteiger partial charge in [-0.05, 0) is 26.3 Å². The van der Waals surface area contributed by atoms with Crippen LogP contribution in [0.1, 0.15) is 32.9 Å². The van der Waals surface area contributed by atoms with Gasteiger partial charge in [-0.25, -0.2) is 9.97 Å². The minimum absolute atomic E-state index is 0.0242. The fraction of sp³-hybridized carbons (Fsp3) is 0.545. The third-order valence-electron chi connectivity index (χ3n) is 2.64. The van der Waals surface area contributed by atoms with Gasteiger partial charge in [0.2, 0.25) is 5.95 Å². The number of anilines is 1. The molecule has 0 aliphatic carbocycles. The smallest absolute Gasteiger partial charge is 0.226 e. The van der Waals surface area contributed by atoms with Crippen molar-refractivity contribution in [3.8, 4) is 0 Å². The number of hydrogen-bond acceptors (Lipinski definition) is 4. The Morgan fingerprint density at radius 1 is 1.56 bits per heavy atom. The predicted molar refractivity (Wildman–Crippen MR) is 65.8 cm³/mol. The number of amidine groups is 1. The topological polar surface area (TPSA) is 78.9 Å². The van der Waals surface area contributed by atoms with Gasteiger partial charge in [-0.3, -0.25) is 5.41 Å². The van der Waals surface area contributed by atoms with Crippen LogP contribution in [0.5, 0.6) is 0 Å². The van der Waals surface area contributed by atoms with Crippen molar-refractivity contribution < 1.29 is 0 Å². The van der Waals surface area contributed by atoms with E-state index in [1.165, 1.54) is 0 Å². The van der Waals surface area contributed by atoms with Crippen molar-refractivity contribution in [3.63, 3.8) is 0 Å². The van der Waals surface area contributed by atoms with Gasteiger partial charge in [0.05, 0.1) is 0 Å². The average Bonchev–Trinajstić information content (AvgIpc) is 2.30. The Morgan fingerprint density at radius 3 is 2.75 bits per heavy atom. The van der Waals surface area contributed by atoms with Crippen LogP contribution in [-0.2, 0) is 0 Å². The van der Waals surface area contributed by atoms with E-state index in [4.69, 9.17) is 11.1 Å². The van der Waals surface area contributed by atoms with Gasteiger partial charge in [0.1, 0.15) is 11.5 Å². The van der Waals surface area contributed by atoms with Crippen LogP contribution in [0.3, 0.4) is 0 Å². The molecule has 0 aromatic carbocycles. The molecule has 1 atom stereocenters.